The highest BCUT2D eigenvalue weighted by Crippen LogP contribution is 2.33. The minimum Gasteiger partial charge on any atom is -0.461 e. The molecule has 0 fully saturated rings. The van der Waals surface area contributed by atoms with E-state index in [1.54, 1.807) is 18.3 Å². The van der Waals surface area contributed by atoms with Gasteiger partial charge < -0.3 is 9.15 Å². The summed E-state index contributed by atoms with van der Waals surface area (Å²) in [5.74, 6) is -0.479. The lowest BCUT2D eigenvalue weighted by molar-refractivity contribution is 0.0519. The van der Waals surface area contributed by atoms with Gasteiger partial charge in [0.1, 0.15) is 6.26 Å². The molecule has 5 nitrogen and oxygen atoms in total. The molecule has 0 saturated carbocycles. The first kappa shape index (κ1) is 13.1. The fourth-order valence-corrected chi connectivity index (χ4v) is 3.45. The Morgan fingerprint density at radius 3 is 3.05 bits per heavy atom. The van der Waals surface area contributed by atoms with Crippen molar-refractivity contribution in [2.75, 3.05) is 6.61 Å². The summed E-state index contributed by atoms with van der Waals surface area (Å²) in [7, 11) is 0. The maximum absolute atomic E-state index is 11.5. The molecule has 0 N–H and O–H groups in total. The zero-order chi connectivity index (χ0) is 13.9. The number of rotatable bonds is 4. The van der Waals surface area contributed by atoms with Gasteiger partial charge in [-0.15, -0.1) is 11.3 Å². The van der Waals surface area contributed by atoms with E-state index < -0.39 is 5.97 Å². The van der Waals surface area contributed by atoms with Crippen LogP contribution >= 0.6 is 23.1 Å². The number of nitrogens with zero attached hydrogens (tertiary/aromatic N) is 2. The molecule has 20 heavy (non-hydrogen) atoms. The quantitative estimate of drug-likeness (QED) is 0.686. The molecule has 0 amide bonds. The topological polar surface area (TPSA) is 65.2 Å². The van der Waals surface area contributed by atoms with E-state index in [0.29, 0.717) is 11.8 Å². The third-order valence-corrected chi connectivity index (χ3v) is 4.38. The molecule has 3 rings (SSSR count). The molecular weight excluding hydrogens is 296 g/mol. The standard InChI is InChI=1S/C13H10N2O3S2/c1-2-17-11(16)9-7-18-12(14-9)20-13-15-8-5-3-4-6-10(8)19-13/h3-7H,2H2,1H3. The van der Waals surface area contributed by atoms with Gasteiger partial charge >= 0.3 is 5.97 Å². The van der Waals surface area contributed by atoms with Crippen molar-refractivity contribution < 1.29 is 13.9 Å². The minimum absolute atomic E-state index is 0.176. The van der Waals surface area contributed by atoms with Crippen LogP contribution in [0.15, 0.2) is 44.5 Å². The van der Waals surface area contributed by atoms with Crippen molar-refractivity contribution in [2.45, 2.75) is 16.5 Å². The molecular formula is C13H10N2O3S2. The highest BCUT2D eigenvalue weighted by molar-refractivity contribution is 8.00. The van der Waals surface area contributed by atoms with E-state index in [4.69, 9.17) is 9.15 Å². The molecule has 0 radical (unpaired) electrons. The summed E-state index contributed by atoms with van der Waals surface area (Å²) in [4.78, 5) is 20.0. The molecule has 0 spiro atoms. The van der Waals surface area contributed by atoms with Crippen molar-refractivity contribution in [3.63, 3.8) is 0 Å². The molecule has 0 aliphatic heterocycles. The second-order valence-electron chi connectivity index (χ2n) is 3.77. The van der Waals surface area contributed by atoms with Crippen molar-refractivity contribution in [3.8, 4) is 0 Å². The number of benzene rings is 1. The number of hydrogen-bond donors (Lipinski definition) is 0. The van der Waals surface area contributed by atoms with E-state index in [0.717, 1.165) is 14.6 Å². The molecule has 0 bridgehead atoms. The van der Waals surface area contributed by atoms with Gasteiger partial charge in [-0.25, -0.2) is 9.78 Å². The van der Waals surface area contributed by atoms with Gasteiger partial charge in [-0.2, -0.15) is 4.98 Å². The minimum atomic E-state index is -0.479. The first-order valence-electron chi connectivity index (χ1n) is 5.92. The zero-order valence-corrected chi connectivity index (χ0v) is 12.2. The van der Waals surface area contributed by atoms with E-state index in [9.17, 15) is 4.79 Å². The van der Waals surface area contributed by atoms with Crippen molar-refractivity contribution in [3.05, 3.63) is 36.2 Å². The predicted octanol–water partition coefficient (Wildman–Crippen LogP) is 3.61. The van der Waals surface area contributed by atoms with Gasteiger partial charge in [-0.1, -0.05) is 12.1 Å². The fourth-order valence-electron chi connectivity index (χ4n) is 1.57. The van der Waals surface area contributed by atoms with Crippen molar-refractivity contribution in [2.24, 2.45) is 0 Å². The van der Waals surface area contributed by atoms with E-state index in [1.807, 2.05) is 24.3 Å². The predicted molar refractivity (Wildman–Crippen MR) is 76.2 cm³/mol. The molecule has 0 aliphatic rings. The summed E-state index contributed by atoms with van der Waals surface area (Å²) in [6.07, 6.45) is 1.30. The van der Waals surface area contributed by atoms with Crippen LogP contribution in [0.25, 0.3) is 10.2 Å². The number of thiazole rings is 1. The van der Waals surface area contributed by atoms with Crippen LogP contribution in [0.4, 0.5) is 0 Å². The zero-order valence-electron chi connectivity index (χ0n) is 10.5. The van der Waals surface area contributed by atoms with Crippen LogP contribution in [0, 0.1) is 0 Å². The first-order chi connectivity index (χ1) is 9.76. The molecule has 102 valence electrons. The van der Waals surface area contributed by atoms with Crippen LogP contribution < -0.4 is 0 Å². The second kappa shape index (κ2) is 5.64. The van der Waals surface area contributed by atoms with Crippen LogP contribution in [-0.4, -0.2) is 22.5 Å². The van der Waals surface area contributed by atoms with E-state index in [2.05, 4.69) is 9.97 Å². The van der Waals surface area contributed by atoms with Crippen LogP contribution in [0.3, 0.4) is 0 Å². The maximum atomic E-state index is 11.5. The molecule has 1 aromatic carbocycles. The number of fused-ring (bicyclic) bond motifs is 1. The number of oxazole rings is 1. The SMILES string of the molecule is CCOC(=O)c1coc(Sc2nc3ccccc3s2)n1. The Bertz CT molecular complexity index is 718. The molecule has 3 aromatic rings. The van der Waals surface area contributed by atoms with Crippen molar-refractivity contribution in [1.82, 2.24) is 9.97 Å². The Hall–Kier alpha value is -1.86. The van der Waals surface area contributed by atoms with Gasteiger partial charge in [0.05, 0.1) is 16.8 Å². The Morgan fingerprint density at radius 2 is 2.25 bits per heavy atom. The second-order valence-corrected chi connectivity index (χ2v) is 6.00. The number of esters is 1. The lowest BCUT2D eigenvalue weighted by atomic mass is 10.3. The molecule has 0 unspecified atom stereocenters. The summed E-state index contributed by atoms with van der Waals surface area (Å²) in [5, 5.41) is 0.382. The molecule has 0 atom stereocenters. The first-order valence-corrected chi connectivity index (χ1v) is 7.55. The monoisotopic (exact) mass is 306 g/mol. The van der Waals surface area contributed by atoms with Crippen molar-refractivity contribution >= 4 is 39.3 Å². The smallest absolute Gasteiger partial charge is 0.360 e. The summed E-state index contributed by atoms with van der Waals surface area (Å²) in [6, 6.07) is 7.88. The lowest BCUT2D eigenvalue weighted by Gasteiger charge is -1.94. The lowest BCUT2D eigenvalue weighted by Crippen LogP contribution is -2.04. The fraction of sp³-hybridized carbons (Fsp3) is 0.154. The maximum Gasteiger partial charge on any atom is 0.360 e. The van der Waals surface area contributed by atoms with Crippen LogP contribution in [0.5, 0.6) is 0 Å². The van der Waals surface area contributed by atoms with Gasteiger partial charge in [0.2, 0.25) is 0 Å². The molecule has 2 heterocycles. The largest absolute Gasteiger partial charge is 0.461 e. The number of hydrogen-bond acceptors (Lipinski definition) is 7. The Kier molecular flexibility index (Phi) is 3.70. The number of carbonyl (C=O) groups excluding carboxylic acids is 1. The van der Waals surface area contributed by atoms with E-state index >= 15 is 0 Å². The summed E-state index contributed by atoms with van der Waals surface area (Å²) in [6.45, 7) is 2.06. The summed E-state index contributed by atoms with van der Waals surface area (Å²) < 4.78 is 12.0. The molecule has 2 aromatic heterocycles. The number of ether oxygens (including phenoxy) is 1. The Labute approximate surface area is 123 Å². The number of para-hydroxylation sites is 1. The number of aromatic nitrogens is 2. The Balaban J connectivity index is 1.79. The average Bonchev–Trinajstić information content (AvgIpc) is 3.05. The highest BCUT2D eigenvalue weighted by atomic mass is 32.2. The van der Waals surface area contributed by atoms with Gasteiger partial charge in [0.15, 0.2) is 10.0 Å². The third kappa shape index (κ3) is 2.68. The average molecular weight is 306 g/mol. The highest BCUT2D eigenvalue weighted by Gasteiger charge is 2.15. The van der Waals surface area contributed by atoms with Gasteiger partial charge in [-0.05, 0) is 19.1 Å². The van der Waals surface area contributed by atoms with E-state index in [1.165, 1.54) is 18.0 Å². The molecule has 0 aliphatic carbocycles. The molecule has 7 heteroatoms. The van der Waals surface area contributed by atoms with E-state index in [-0.39, 0.29) is 5.69 Å². The number of carbonyl (C=O) groups is 1. The van der Waals surface area contributed by atoms with Gasteiger partial charge in [-0.3, -0.25) is 0 Å². The summed E-state index contributed by atoms with van der Waals surface area (Å²) >= 11 is 2.85. The Morgan fingerprint density at radius 1 is 1.40 bits per heavy atom. The van der Waals surface area contributed by atoms with Gasteiger partial charge in [0.25, 0.3) is 5.22 Å². The third-order valence-electron chi connectivity index (χ3n) is 2.42. The normalized spacial score (nSPS) is 10.8. The molecule has 0 saturated heterocycles. The van der Waals surface area contributed by atoms with Gasteiger partial charge in [0, 0.05) is 11.8 Å². The summed E-state index contributed by atoms with van der Waals surface area (Å²) in [5.41, 5.74) is 1.12. The van der Waals surface area contributed by atoms with Crippen LogP contribution in [0.1, 0.15) is 17.4 Å². The van der Waals surface area contributed by atoms with Crippen molar-refractivity contribution in [1.29, 1.82) is 0 Å². The van der Waals surface area contributed by atoms with Crippen LogP contribution in [-0.2, 0) is 4.74 Å². The van der Waals surface area contributed by atoms with Crippen LogP contribution in [0.2, 0.25) is 0 Å².